The average molecular weight is 432 g/mol. The van der Waals surface area contributed by atoms with Crippen LogP contribution in [0.5, 0.6) is 5.75 Å². The maximum atomic E-state index is 13.1. The van der Waals surface area contributed by atoms with Gasteiger partial charge in [0, 0.05) is 17.4 Å². The van der Waals surface area contributed by atoms with Crippen LogP contribution in [0.4, 0.5) is 8.78 Å². The number of carbonyl (C=O) groups is 3. The second-order valence-electron chi connectivity index (χ2n) is 6.88. The molecule has 0 spiro atoms. The number of ether oxygens (including phenoxy) is 2. The molecule has 3 rings (SSSR count). The minimum Gasteiger partial charge on any atom is -0.489 e. The number of hydrogen-bond acceptors (Lipinski definition) is 7. The van der Waals surface area contributed by atoms with Gasteiger partial charge in [-0.05, 0) is 18.9 Å². The molecule has 1 aromatic carbocycles. The minimum absolute atomic E-state index is 0.0578. The van der Waals surface area contributed by atoms with Crippen molar-refractivity contribution < 1.29 is 45.6 Å². The normalized spacial score (nSPS) is 21.9. The first-order chi connectivity index (χ1) is 13.6. The predicted octanol–water partition coefficient (Wildman–Crippen LogP) is 2.27. The molecule has 8 nitrogen and oxygen atoms in total. The van der Waals surface area contributed by atoms with Gasteiger partial charge in [0.15, 0.2) is 11.6 Å². The summed E-state index contributed by atoms with van der Waals surface area (Å²) >= 11 is 0. The fraction of sp³-hybridized carbons (Fsp3) is 0.500. The van der Waals surface area contributed by atoms with Crippen molar-refractivity contribution in [2.75, 3.05) is 13.2 Å². The second-order valence-corrected chi connectivity index (χ2v) is 8.34. The standard InChI is InChI=1S/C18H18F2O8S/c19-18(20,29(24,25)26)17(23)28-9-8-27-13-7-3-6-12-14(13)16(22)11-5-2-1-4-10(11)15(12)21/h3,6-7,10-11H,1-2,4-5,8-9H2,(H,24,25,26). The topological polar surface area (TPSA) is 124 Å². The number of alkyl halides is 2. The smallest absolute Gasteiger partial charge is 0.465 e. The first-order valence-electron chi connectivity index (χ1n) is 8.92. The Balaban J connectivity index is 1.70. The fourth-order valence-corrected chi connectivity index (χ4v) is 4.00. The van der Waals surface area contributed by atoms with Crippen LogP contribution in [0.3, 0.4) is 0 Å². The lowest BCUT2D eigenvalue weighted by molar-refractivity contribution is -0.162. The zero-order chi connectivity index (χ0) is 21.4. The highest BCUT2D eigenvalue weighted by Gasteiger charge is 2.54. The van der Waals surface area contributed by atoms with Gasteiger partial charge in [-0.3, -0.25) is 14.1 Å². The minimum atomic E-state index is -5.96. The summed E-state index contributed by atoms with van der Waals surface area (Å²) in [5, 5.41) is -5.10. The zero-order valence-electron chi connectivity index (χ0n) is 15.1. The molecule has 0 bridgehead atoms. The number of ketones is 2. The Bertz CT molecular complexity index is 957. The van der Waals surface area contributed by atoms with Crippen LogP contribution in [0.2, 0.25) is 0 Å². The summed E-state index contributed by atoms with van der Waals surface area (Å²) in [6.45, 7) is -1.24. The number of benzene rings is 1. The molecule has 2 unspecified atom stereocenters. The van der Waals surface area contributed by atoms with Crippen molar-refractivity contribution in [1.29, 1.82) is 0 Å². The molecule has 0 aromatic heterocycles. The summed E-state index contributed by atoms with van der Waals surface area (Å²) in [4.78, 5) is 36.8. The maximum absolute atomic E-state index is 13.1. The van der Waals surface area contributed by atoms with Gasteiger partial charge in [-0.1, -0.05) is 25.0 Å². The quantitative estimate of drug-likeness (QED) is 0.412. The molecule has 0 amide bonds. The second kappa shape index (κ2) is 7.79. The Labute approximate surface area is 164 Å². The number of hydrogen-bond donors (Lipinski definition) is 1. The van der Waals surface area contributed by atoms with E-state index in [1.54, 1.807) is 0 Å². The Morgan fingerprint density at radius 3 is 2.34 bits per heavy atom. The number of esters is 1. The molecule has 2 aliphatic rings. The molecule has 0 aliphatic heterocycles. The summed E-state index contributed by atoms with van der Waals surface area (Å²) < 4.78 is 65.0. The van der Waals surface area contributed by atoms with E-state index in [4.69, 9.17) is 9.29 Å². The summed E-state index contributed by atoms with van der Waals surface area (Å²) in [5.74, 6) is -3.50. The Kier molecular flexibility index (Phi) is 5.72. The van der Waals surface area contributed by atoms with Crippen molar-refractivity contribution in [2.45, 2.75) is 30.9 Å². The summed E-state index contributed by atoms with van der Waals surface area (Å²) in [6, 6.07) is 4.47. The highest BCUT2D eigenvalue weighted by molar-refractivity contribution is 7.87. The monoisotopic (exact) mass is 432 g/mol. The van der Waals surface area contributed by atoms with E-state index in [0.29, 0.717) is 12.8 Å². The molecular weight excluding hydrogens is 414 g/mol. The van der Waals surface area contributed by atoms with Crippen LogP contribution < -0.4 is 4.74 Å². The molecule has 158 valence electrons. The van der Waals surface area contributed by atoms with Gasteiger partial charge in [0.1, 0.15) is 19.0 Å². The summed E-state index contributed by atoms with van der Waals surface area (Å²) in [7, 11) is -5.96. The highest BCUT2D eigenvalue weighted by Crippen LogP contribution is 2.42. The Hall–Kier alpha value is -2.40. The van der Waals surface area contributed by atoms with Gasteiger partial charge in [-0.15, -0.1) is 0 Å². The van der Waals surface area contributed by atoms with Crippen LogP contribution in [0.1, 0.15) is 46.4 Å². The van der Waals surface area contributed by atoms with Crippen molar-refractivity contribution in [3.05, 3.63) is 29.3 Å². The molecule has 2 aliphatic carbocycles. The van der Waals surface area contributed by atoms with E-state index in [1.165, 1.54) is 18.2 Å². The Morgan fingerprint density at radius 2 is 1.72 bits per heavy atom. The first-order valence-corrected chi connectivity index (χ1v) is 10.4. The van der Waals surface area contributed by atoms with Gasteiger partial charge in [-0.25, -0.2) is 4.79 Å². The lowest BCUT2D eigenvalue weighted by Gasteiger charge is -2.34. The van der Waals surface area contributed by atoms with Crippen LogP contribution in [0, 0.1) is 11.8 Å². The summed E-state index contributed by atoms with van der Waals surface area (Å²) in [6.07, 6.45) is 2.98. The predicted molar refractivity (Wildman–Crippen MR) is 93.5 cm³/mol. The molecule has 0 radical (unpaired) electrons. The fourth-order valence-electron chi connectivity index (χ4n) is 3.73. The lowest BCUT2D eigenvalue weighted by atomic mass is 9.67. The van der Waals surface area contributed by atoms with Crippen molar-refractivity contribution in [2.24, 2.45) is 11.8 Å². The highest BCUT2D eigenvalue weighted by atomic mass is 32.2. The van der Waals surface area contributed by atoms with Gasteiger partial charge in [0.05, 0.1) is 5.56 Å². The van der Waals surface area contributed by atoms with Gasteiger partial charge in [-0.2, -0.15) is 17.2 Å². The largest absolute Gasteiger partial charge is 0.489 e. The van der Waals surface area contributed by atoms with Gasteiger partial charge >= 0.3 is 21.3 Å². The molecular formula is C18H18F2O8S. The van der Waals surface area contributed by atoms with E-state index in [-0.39, 0.29) is 34.4 Å². The molecule has 0 saturated heterocycles. The third kappa shape index (κ3) is 3.88. The number of halogens is 2. The van der Waals surface area contributed by atoms with Gasteiger partial charge in [0.25, 0.3) is 0 Å². The summed E-state index contributed by atoms with van der Waals surface area (Å²) in [5.41, 5.74) is 0.362. The number of Topliss-reactive ketones (excluding diaryl/α,β-unsaturated/α-hetero) is 2. The molecule has 1 N–H and O–H groups in total. The van der Waals surface area contributed by atoms with Gasteiger partial charge < -0.3 is 9.47 Å². The maximum Gasteiger partial charge on any atom is 0.465 e. The van der Waals surface area contributed by atoms with Crippen LogP contribution >= 0.6 is 0 Å². The van der Waals surface area contributed by atoms with E-state index < -0.39 is 40.5 Å². The van der Waals surface area contributed by atoms with Crippen molar-refractivity contribution in [1.82, 2.24) is 0 Å². The van der Waals surface area contributed by atoms with Crippen molar-refractivity contribution in [3.8, 4) is 5.75 Å². The van der Waals surface area contributed by atoms with E-state index >= 15 is 0 Å². The Morgan fingerprint density at radius 1 is 1.10 bits per heavy atom. The molecule has 1 fully saturated rings. The van der Waals surface area contributed by atoms with E-state index in [0.717, 1.165) is 12.8 Å². The third-order valence-electron chi connectivity index (χ3n) is 5.11. The van der Waals surface area contributed by atoms with Crippen LogP contribution in [-0.4, -0.2) is 49.0 Å². The molecule has 0 heterocycles. The number of carbonyl (C=O) groups excluding carboxylic acids is 3. The SMILES string of the molecule is O=C1c2cccc(OCCOC(=O)C(F)(F)S(=O)(=O)O)c2C(=O)C2CCCCC12. The molecule has 1 saturated carbocycles. The van der Waals surface area contributed by atoms with E-state index in [2.05, 4.69) is 4.74 Å². The van der Waals surface area contributed by atoms with Gasteiger partial charge in [0.2, 0.25) is 0 Å². The van der Waals surface area contributed by atoms with Crippen LogP contribution in [0.15, 0.2) is 18.2 Å². The molecule has 1 aromatic rings. The average Bonchev–Trinajstić information content (AvgIpc) is 2.68. The van der Waals surface area contributed by atoms with Crippen LogP contribution in [-0.2, 0) is 19.6 Å². The zero-order valence-corrected chi connectivity index (χ0v) is 15.9. The van der Waals surface area contributed by atoms with Crippen LogP contribution in [0.25, 0.3) is 0 Å². The number of fused-ring (bicyclic) bond motifs is 2. The lowest BCUT2D eigenvalue weighted by Crippen LogP contribution is -2.39. The molecule has 2 atom stereocenters. The van der Waals surface area contributed by atoms with Crippen molar-refractivity contribution in [3.63, 3.8) is 0 Å². The van der Waals surface area contributed by atoms with E-state index in [9.17, 15) is 31.6 Å². The third-order valence-corrected chi connectivity index (χ3v) is 5.93. The molecule has 11 heteroatoms. The van der Waals surface area contributed by atoms with E-state index in [1.807, 2.05) is 0 Å². The molecule has 29 heavy (non-hydrogen) atoms. The number of rotatable bonds is 6. The van der Waals surface area contributed by atoms with Crippen molar-refractivity contribution >= 4 is 27.7 Å². The first kappa shape index (κ1) is 21.3.